The maximum Gasteiger partial charge on any atom is 0.233 e. The minimum absolute atomic E-state index is 0.166. The monoisotopic (exact) mass is 170 g/mol. The lowest BCUT2D eigenvalue weighted by molar-refractivity contribution is -0.147. The van der Waals surface area contributed by atoms with Gasteiger partial charge in [0.1, 0.15) is 0 Å². The van der Waals surface area contributed by atoms with Crippen LogP contribution in [0.25, 0.3) is 0 Å². The fourth-order valence-corrected chi connectivity index (χ4v) is 1.74. The Hall–Kier alpha value is -0.570. The Kier molecular flexibility index (Phi) is 3.53. The molecule has 0 saturated carbocycles. The van der Waals surface area contributed by atoms with Gasteiger partial charge in [0.15, 0.2) is 0 Å². The highest BCUT2D eigenvalue weighted by Crippen LogP contribution is 2.11. The van der Waals surface area contributed by atoms with Crippen molar-refractivity contribution in [3.63, 3.8) is 0 Å². The van der Waals surface area contributed by atoms with E-state index in [4.69, 9.17) is 0 Å². The van der Waals surface area contributed by atoms with E-state index in [1.807, 2.05) is 11.9 Å². The van der Waals surface area contributed by atoms with E-state index in [9.17, 15) is 4.79 Å². The summed E-state index contributed by atoms with van der Waals surface area (Å²) in [6, 6.07) is 0. The van der Waals surface area contributed by atoms with Crippen molar-refractivity contribution in [2.45, 2.75) is 33.1 Å². The van der Waals surface area contributed by atoms with Crippen LogP contribution in [0.5, 0.6) is 0 Å². The minimum Gasteiger partial charge on any atom is -0.276 e. The molecule has 1 heterocycles. The Labute approximate surface area is 74.3 Å². The number of carbonyl (C=O) groups excluding carboxylic acids is 1. The van der Waals surface area contributed by atoms with Gasteiger partial charge in [-0.15, -0.1) is 0 Å². The molecule has 1 saturated heterocycles. The molecule has 0 aliphatic carbocycles. The van der Waals surface area contributed by atoms with Crippen LogP contribution in [0, 0.1) is 0 Å². The van der Waals surface area contributed by atoms with Crippen molar-refractivity contribution in [3.8, 4) is 0 Å². The SMILES string of the molecule is CCN(C(C)=O)N1CCCCC1. The van der Waals surface area contributed by atoms with Gasteiger partial charge < -0.3 is 0 Å². The van der Waals surface area contributed by atoms with Crippen molar-refractivity contribution in [2.75, 3.05) is 19.6 Å². The number of hydrogen-bond donors (Lipinski definition) is 0. The molecule has 0 spiro atoms. The number of nitrogens with zero attached hydrogens (tertiary/aromatic N) is 2. The van der Waals surface area contributed by atoms with E-state index in [-0.39, 0.29) is 5.91 Å². The zero-order chi connectivity index (χ0) is 8.97. The van der Waals surface area contributed by atoms with Gasteiger partial charge in [-0.05, 0) is 19.8 Å². The summed E-state index contributed by atoms with van der Waals surface area (Å²) < 4.78 is 0. The molecule has 0 aromatic rings. The highest BCUT2D eigenvalue weighted by molar-refractivity contribution is 5.72. The summed E-state index contributed by atoms with van der Waals surface area (Å²) in [6.45, 7) is 6.56. The quantitative estimate of drug-likeness (QED) is 0.623. The molecule has 1 aliphatic heterocycles. The summed E-state index contributed by atoms with van der Waals surface area (Å²) in [5, 5.41) is 4.02. The Balaban J connectivity index is 2.46. The molecule has 1 aliphatic rings. The summed E-state index contributed by atoms with van der Waals surface area (Å²) in [4.78, 5) is 11.2. The summed E-state index contributed by atoms with van der Waals surface area (Å²) in [5.74, 6) is 0.166. The van der Waals surface area contributed by atoms with Crippen molar-refractivity contribution in [3.05, 3.63) is 0 Å². The molecule has 0 N–H and O–H groups in total. The second-order valence-electron chi connectivity index (χ2n) is 3.25. The number of amides is 1. The third kappa shape index (κ3) is 2.21. The van der Waals surface area contributed by atoms with Gasteiger partial charge in [0.05, 0.1) is 0 Å². The average Bonchev–Trinajstić information content (AvgIpc) is 2.07. The molecule has 0 unspecified atom stereocenters. The van der Waals surface area contributed by atoms with Gasteiger partial charge in [-0.25, -0.2) is 5.01 Å². The van der Waals surface area contributed by atoms with Crippen LogP contribution in [-0.4, -0.2) is 35.6 Å². The van der Waals surface area contributed by atoms with Crippen molar-refractivity contribution >= 4 is 5.91 Å². The molecular weight excluding hydrogens is 152 g/mol. The highest BCUT2D eigenvalue weighted by atomic mass is 16.2. The van der Waals surface area contributed by atoms with Crippen LogP contribution in [0.15, 0.2) is 0 Å². The Morgan fingerprint density at radius 2 is 1.92 bits per heavy atom. The standard InChI is InChI=1S/C9H18N2O/c1-3-11(9(2)12)10-7-5-4-6-8-10/h3-8H2,1-2H3. The molecule has 0 aromatic carbocycles. The van der Waals surface area contributed by atoms with Crippen molar-refractivity contribution < 1.29 is 4.79 Å². The van der Waals surface area contributed by atoms with Crippen LogP contribution in [0.3, 0.4) is 0 Å². The Bertz CT molecular complexity index is 153. The Morgan fingerprint density at radius 1 is 1.33 bits per heavy atom. The largest absolute Gasteiger partial charge is 0.276 e. The molecule has 0 bridgehead atoms. The summed E-state index contributed by atoms with van der Waals surface area (Å²) in [6.07, 6.45) is 3.76. The predicted octanol–water partition coefficient (Wildman–Crippen LogP) is 1.26. The molecule has 0 atom stereocenters. The summed E-state index contributed by atoms with van der Waals surface area (Å²) in [5.41, 5.74) is 0. The highest BCUT2D eigenvalue weighted by Gasteiger charge is 2.18. The fourth-order valence-electron chi connectivity index (χ4n) is 1.74. The third-order valence-electron chi connectivity index (χ3n) is 2.34. The topological polar surface area (TPSA) is 23.6 Å². The molecule has 3 nitrogen and oxygen atoms in total. The van der Waals surface area contributed by atoms with Crippen LogP contribution in [0.4, 0.5) is 0 Å². The first-order valence-electron chi connectivity index (χ1n) is 4.78. The zero-order valence-electron chi connectivity index (χ0n) is 8.05. The van der Waals surface area contributed by atoms with E-state index >= 15 is 0 Å². The average molecular weight is 170 g/mol. The second kappa shape index (κ2) is 4.45. The lowest BCUT2D eigenvalue weighted by atomic mass is 10.2. The molecule has 1 fully saturated rings. The van der Waals surface area contributed by atoms with Crippen LogP contribution < -0.4 is 0 Å². The van der Waals surface area contributed by atoms with Crippen molar-refractivity contribution in [1.82, 2.24) is 10.0 Å². The predicted molar refractivity (Wildman–Crippen MR) is 48.5 cm³/mol. The molecule has 70 valence electrons. The van der Waals surface area contributed by atoms with Gasteiger partial charge in [0, 0.05) is 26.6 Å². The van der Waals surface area contributed by atoms with Gasteiger partial charge in [0.25, 0.3) is 0 Å². The molecule has 1 amide bonds. The first-order valence-corrected chi connectivity index (χ1v) is 4.78. The molecule has 1 rings (SSSR count). The van der Waals surface area contributed by atoms with E-state index in [1.54, 1.807) is 6.92 Å². The molecular formula is C9H18N2O. The first kappa shape index (κ1) is 9.52. The normalized spacial score (nSPS) is 19.2. The third-order valence-corrected chi connectivity index (χ3v) is 2.34. The summed E-state index contributed by atoms with van der Waals surface area (Å²) in [7, 11) is 0. The Morgan fingerprint density at radius 3 is 2.33 bits per heavy atom. The zero-order valence-corrected chi connectivity index (χ0v) is 8.05. The summed E-state index contributed by atoms with van der Waals surface area (Å²) >= 11 is 0. The van der Waals surface area contributed by atoms with Crippen molar-refractivity contribution in [1.29, 1.82) is 0 Å². The first-order chi connectivity index (χ1) is 5.75. The van der Waals surface area contributed by atoms with Gasteiger partial charge >= 0.3 is 0 Å². The number of carbonyl (C=O) groups is 1. The molecule has 12 heavy (non-hydrogen) atoms. The van der Waals surface area contributed by atoms with E-state index < -0.39 is 0 Å². The lowest BCUT2D eigenvalue weighted by Gasteiger charge is -2.36. The van der Waals surface area contributed by atoms with Gasteiger partial charge in [-0.3, -0.25) is 9.80 Å². The van der Waals surface area contributed by atoms with E-state index in [0.717, 1.165) is 19.6 Å². The fraction of sp³-hybridized carbons (Fsp3) is 0.889. The number of hydrazine groups is 1. The van der Waals surface area contributed by atoms with E-state index in [2.05, 4.69) is 5.01 Å². The lowest BCUT2D eigenvalue weighted by Crippen LogP contribution is -2.47. The maximum absolute atomic E-state index is 11.2. The maximum atomic E-state index is 11.2. The van der Waals surface area contributed by atoms with Gasteiger partial charge in [-0.1, -0.05) is 6.42 Å². The number of rotatable bonds is 2. The molecule has 3 heteroatoms. The minimum atomic E-state index is 0.166. The molecule has 0 aromatic heterocycles. The smallest absolute Gasteiger partial charge is 0.233 e. The number of piperidine rings is 1. The van der Waals surface area contributed by atoms with Gasteiger partial charge in [-0.2, -0.15) is 0 Å². The van der Waals surface area contributed by atoms with Gasteiger partial charge in [0.2, 0.25) is 5.91 Å². The van der Waals surface area contributed by atoms with Crippen molar-refractivity contribution in [2.24, 2.45) is 0 Å². The number of hydrogen-bond acceptors (Lipinski definition) is 2. The van der Waals surface area contributed by atoms with Crippen LogP contribution in [0.1, 0.15) is 33.1 Å². The van der Waals surface area contributed by atoms with E-state index in [1.165, 1.54) is 19.3 Å². The molecule has 0 radical (unpaired) electrons. The van der Waals surface area contributed by atoms with E-state index in [0.29, 0.717) is 0 Å². The second-order valence-corrected chi connectivity index (χ2v) is 3.25. The van der Waals surface area contributed by atoms with Crippen LogP contribution in [-0.2, 0) is 4.79 Å². The van der Waals surface area contributed by atoms with Crippen LogP contribution in [0.2, 0.25) is 0 Å². The van der Waals surface area contributed by atoms with Crippen LogP contribution >= 0.6 is 0 Å².